The Kier molecular flexibility index (Phi) is 4.92. The smallest absolute Gasteiger partial charge is 0.257 e. The molecule has 142 valence electrons. The minimum Gasteiger partial charge on any atom is -0.508 e. The van der Waals surface area contributed by atoms with Crippen molar-refractivity contribution in [2.24, 2.45) is 0 Å². The second-order valence-electron chi connectivity index (χ2n) is 6.75. The molecule has 4 rings (SSSR count). The second kappa shape index (κ2) is 7.52. The largest absolute Gasteiger partial charge is 0.508 e. The maximum absolute atomic E-state index is 12.8. The lowest BCUT2D eigenvalue weighted by Crippen LogP contribution is -2.31. The fourth-order valence-corrected chi connectivity index (χ4v) is 4.30. The van der Waals surface area contributed by atoms with Gasteiger partial charge in [0.1, 0.15) is 11.6 Å². The van der Waals surface area contributed by atoms with Crippen molar-refractivity contribution in [3.63, 3.8) is 0 Å². The number of rotatable bonds is 4. The highest BCUT2D eigenvalue weighted by atomic mass is 32.2. The van der Waals surface area contributed by atoms with Crippen molar-refractivity contribution in [3.8, 4) is 5.75 Å². The predicted octanol–water partition coefficient (Wildman–Crippen LogP) is 3.55. The zero-order valence-corrected chi connectivity index (χ0v) is 16.0. The number of phenolic OH excluding ortho intramolecular Hbond substituents is 1. The van der Waals surface area contributed by atoms with Gasteiger partial charge in [-0.3, -0.25) is 9.59 Å². The SMILES string of the molecule is Cc1ccccc1CSc1nc2c(c(=O)[nH]1)[C@@H](c1cccc(O)c1)CC(=O)N2. The minimum atomic E-state index is -0.442. The number of aryl methyl sites for hydroxylation is 1. The van der Waals surface area contributed by atoms with Crippen LogP contribution in [0, 0.1) is 6.92 Å². The Morgan fingerprint density at radius 3 is 2.79 bits per heavy atom. The number of amides is 1. The number of aromatic amines is 1. The number of H-pyrrole nitrogens is 1. The first kappa shape index (κ1) is 18.3. The van der Waals surface area contributed by atoms with Gasteiger partial charge in [0, 0.05) is 18.1 Å². The van der Waals surface area contributed by atoms with Gasteiger partial charge < -0.3 is 15.4 Å². The summed E-state index contributed by atoms with van der Waals surface area (Å²) in [7, 11) is 0. The van der Waals surface area contributed by atoms with Crippen LogP contribution in [0.5, 0.6) is 5.75 Å². The average molecular weight is 393 g/mol. The van der Waals surface area contributed by atoms with Gasteiger partial charge in [0.05, 0.1) is 5.56 Å². The number of hydrogen-bond acceptors (Lipinski definition) is 5. The van der Waals surface area contributed by atoms with Gasteiger partial charge in [0.25, 0.3) is 5.56 Å². The van der Waals surface area contributed by atoms with Gasteiger partial charge in [-0.25, -0.2) is 4.98 Å². The van der Waals surface area contributed by atoms with Crippen LogP contribution in [0.2, 0.25) is 0 Å². The van der Waals surface area contributed by atoms with Crippen molar-refractivity contribution in [1.29, 1.82) is 0 Å². The molecule has 1 atom stereocenters. The van der Waals surface area contributed by atoms with Crippen molar-refractivity contribution in [1.82, 2.24) is 9.97 Å². The number of fused-ring (bicyclic) bond motifs is 1. The van der Waals surface area contributed by atoms with Gasteiger partial charge >= 0.3 is 0 Å². The highest BCUT2D eigenvalue weighted by Crippen LogP contribution is 2.35. The second-order valence-corrected chi connectivity index (χ2v) is 7.71. The molecule has 0 fully saturated rings. The van der Waals surface area contributed by atoms with Gasteiger partial charge in [-0.1, -0.05) is 48.2 Å². The number of carbonyl (C=O) groups excluding carboxylic acids is 1. The molecule has 3 N–H and O–H groups in total. The first-order valence-corrected chi connectivity index (χ1v) is 9.90. The topological polar surface area (TPSA) is 95.1 Å². The molecule has 1 aliphatic heterocycles. The van der Waals surface area contributed by atoms with Crippen LogP contribution < -0.4 is 10.9 Å². The van der Waals surface area contributed by atoms with Crippen LogP contribution in [-0.4, -0.2) is 21.0 Å². The van der Waals surface area contributed by atoms with Crippen LogP contribution in [0.1, 0.15) is 34.6 Å². The number of hydrogen-bond donors (Lipinski definition) is 3. The van der Waals surface area contributed by atoms with E-state index in [2.05, 4.69) is 15.3 Å². The molecule has 0 aliphatic carbocycles. The van der Waals surface area contributed by atoms with Crippen LogP contribution in [0.25, 0.3) is 0 Å². The van der Waals surface area contributed by atoms with Crippen LogP contribution >= 0.6 is 11.8 Å². The average Bonchev–Trinajstić information content (AvgIpc) is 2.66. The fourth-order valence-electron chi connectivity index (χ4n) is 3.36. The van der Waals surface area contributed by atoms with Crippen LogP contribution in [0.4, 0.5) is 5.82 Å². The summed E-state index contributed by atoms with van der Waals surface area (Å²) in [6, 6.07) is 14.7. The highest BCUT2D eigenvalue weighted by molar-refractivity contribution is 7.98. The summed E-state index contributed by atoms with van der Waals surface area (Å²) in [5, 5.41) is 12.9. The summed E-state index contributed by atoms with van der Waals surface area (Å²) < 4.78 is 0. The van der Waals surface area contributed by atoms with Crippen LogP contribution in [-0.2, 0) is 10.5 Å². The van der Waals surface area contributed by atoms with E-state index in [1.165, 1.54) is 17.3 Å². The molecule has 0 unspecified atom stereocenters. The Labute approximate surface area is 166 Å². The molecule has 0 saturated heterocycles. The Morgan fingerprint density at radius 1 is 1.18 bits per heavy atom. The quantitative estimate of drug-likeness (QED) is 0.465. The molecule has 1 aromatic heterocycles. The van der Waals surface area contributed by atoms with E-state index in [-0.39, 0.29) is 23.6 Å². The molecule has 0 spiro atoms. The Hall–Kier alpha value is -3.06. The van der Waals surface area contributed by atoms with Crippen molar-refractivity contribution < 1.29 is 9.90 Å². The van der Waals surface area contributed by atoms with Crippen LogP contribution in [0.15, 0.2) is 58.5 Å². The third-order valence-electron chi connectivity index (χ3n) is 4.83. The zero-order chi connectivity index (χ0) is 19.7. The number of aromatic hydroxyl groups is 1. The first-order chi connectivity index (χ1) is 13.5. The monoisotopic (exact) mass is 393 g/mol. The predicted molar refractivity (Wildman–Crippen MR) is 109 cm³/mol. The van der Waals surface area contributed by atoms with Gasteiger partial charge in [-0.15, -0.1) is 0 Å². The third kappa shape index (κ3) is 3.66. The van der Waals surface area contributed by atoms with E-state index in [9.17, 15) is 14.7 Å². The molecule has 0 saturated carbocycles. The summed E-state index contributed by atoms with van der Waals surface area (Å²) in [6.45, 7) is 2.04. The first-order valence-electron chi connectivity index (χ1n) is 8.91. The van der Waals surface area contributed by atoms with Crippen molar-refractivity contribution in [2.45, 2.75) is 30.2 Å². The standard InChI is InChI=1S/C21H19N3O3S/c1-12-5-2-3-6-14(12)11-28-21-23-19-18(20(27)24-21)16(10-17(26)22-19)13-7-4-8-15(25)9-13/h2-9,16,25H,10-11H2,1H3,(H2,22,23,24,26,27)/t16-/m1/s1. The lowest BCUT2D eigenvalue weighted by Gasteiger charge is -2.24. The van der Waals surface area contributed by atoms with Crippen LogP contribution in [0.3, 0.4) is 0 Å². The lowest BCUT2D eigenvalue weighted by atomic mass is 9.87. The maximum Gasteiger partial charge on any atom is 0.257 e. The summed E-state index contributed by atoms with van der Waals surface area (Å²) in [4.78, 5) is 32.3. The zero-order valence-electron chi connectivity index (χ0n) is 15.2. The molecule has 0 bridgehead atoms. The van der Waals surface area contributed by atoms with E-state index in [4.69, 9.17) is 0 Å². The number of phenols is 1. The molecule has 1 aliphatic rings. The molecule has 7 heteroatoms. The van der Waals surface area contributed by atoms with E-state index in [1.54, 1.807) is 24.3 Å². The van der Waals surface area contributed by atoms with Crippen molar-refractivity contribution in [2.75, 3.05) is 5.32 Å². The molecule has 3 aromatic rings. The molecular formula is C21H19N3O3S. The number of anilines is 1. The molecule has 2 aromatic carbocycles. The van der Waals surface area contributed by atoms with Gasteiger partial charge in [-0.2, -0.15) is 0 Å². The van der Waals surface area contributed by atoms with E-state index >= 15 is 0 Å². The van der Waals surface area contributed by atoms with Gasteiger partial charge in [0.2, 0.25) is 5.91 Å². The number of aromatic nitrogens is 2. The summed E-state index contributed by atoms with van der Waals surface area (Å²) >= 11 is 1.42. The molecule has 6 nitrogen and oxygen atoms in total. The minimum absolute atomic E-state index is 0.0971. The lowest BCUT2D eigenvalue weighted by molar-refractivity contribution is -0.116. The summed E-state index contributed by atoms with van der Waals surface area (Å²) in [5.41, 5.74) is 3.20. The number of thioether (sulfide) groups is 1. The Bertz CT molecular complexity index is 1110. The molecular weight excluding hydrogens is 374 g/mol. The summed E-state index contributed by atoms with van der Waals surface area (Å²) in [6.07, 6.45) is 0.136. The number of nitrogens with zero attached hydrogens (tertiary/aromatic N) is 1. The third-order valence-corrected chi connectivity index (χ3v) is 5.75. The normalized spacial score (nSPS) is 15.8. The maximum atomic E-state index is 12.8. The Morgan fingerprint density at radius 2 is 2.00 bits per heavy atom. The molecule has 28 heavy (non-hydrogen) atoms. The molecule has 2 heterocycles. The van der Waals surface area contributed by atoms with Crippen molar-refractivity contribution in [3.05, 3.63) is 81.1 Å². The van der Waals surface area contributed by atoms with E-state index in [0.717, 1.165) is 5.56 Å². The van der Waals surface area contributed by atoms with Crippen molar-refractivity contribution >= 4 is 23.5 Å². The van der Waals surface area contributed by atoms with Gasteiger partial charge in [0.15, 0.2) is 5.16 Å². The number of nitrogens with one attached hydrogen (secondary N) is 2. The number of benzene rings is 2. The molecule has 1 amide bonds. The summed E-state index contributed by atoms with van der Waals surface area (Å²) in [5.74, 6) is 0.412. The van der Waals surface area contributed by atoms with Gasteiger partial charge in [-0.05, 0) is 35.7 Å². The molecule has 0 radical (unpaired) electrons. The fraction of sp³-hybridized carbons (Fsp3) is 0.190. The Balaban J connectivity index is 1.67. The van der Waals surface area contributed by atoms with E-state index in [0.29, 0.717) is 27.9 Å². The van der Waals surface area contributed by atoms with E-state index < -0.39 is 5.92 Å². The number of carbonyl (C=O) groups is 1. The highest BCUT2D eigenvalue weighted by Gasteiger charge is 2.31. The van der Waals surface area contributed by atoms with E-state index in [1.807, 2.05) is 31.2 Å².